The second-order valence-corrected chi connectivity index (χ2v) is 4.11. The maximum absolute atomic E-state index is 9.26. The molecule has 0 radical (unpaired) electrons. The molecule has 1 aliphatic rings. The lowest BCUT2D eigenvalue weighted by atomic mass is 9.69. The molecule has 1 aromatic rings. The van der Waals surface area contributed by atoms with Crippen molar-refractivity contribution in [3.8, 4) is 0 Å². The Morgan fingerprint density at radius 3 is 2.86 bits per heavy atom. The van der Waals surface area contributed by atoms with E-state index in [-0.39, 0.29) is 5.41 Å². The third kappa shape index (κ3) is 1.87. The molecule has 14 heavy (non-hydrogen) atoms. The number of hydrogen-bond acceptors (Lipinski definition) is 3. The zero-order chi connectivity index (χ0) is 9.86. The predicted molar refractivity (Wildman–Crippen MR) is 56.1 cm³/mol. The van der Waals surface area contributed by atoms with Crippen LogP contribution in [-0.2, 0) is 0 Å². The molecule has 3 nitrogen and oxygen atoms in total. The van der Waals surface area contributed by atoms with E-state index in [1.54, 1.807) is 6.20 Å². The van der Waals surface area contributed by atoms with Crippen molar-refractivity contribution in [2.75, 3.05) is 18.5 Å². The lowest BCUT2D eigenvalue weighted by molar-refractivity contribution is 0.0576. The number of anilines is 1. The van der Waals surface area contributed by atoms with Crippen LogP contribution in [0.4, 0.5) is 5.69 Å². The van der Waals surface area contributed by atoms with Crippen molar-refractivity contribution in [1.82, 2.24) is 4.98 Å². The fourth-order valence-electron chi connectivity index (χ4n) is 1.82. The molecule has 76 valence electrons. The number of hydrogen-bond donors (Lipinski definition) is 2. The van der Waals surface area contributed by atoms with Gasteiger partial charge in [-0.1, -0.05) is 6.42 Å². The number of rotatable bonds is 4. The van der Waals surface area contributed by atoms with Gasteiger partial charge in [-0.15, -0.1) is 0 Å². The van der Waals surface area contributed by atoms with E-state index in [4.69, 9.17) is 0 Å². The average molecular weight is 192 g/mol. The summed E-state index contributed by atoms with van der Waals surface area (Å²) in [6.45, 7) is 1.15. The van der Waals surface area contributed by atoms with E-state index in [1.807, 2.05) is 18.3 Å². The van der Waals surface area contributed by atoms with Crippen LogP contribution in [0.25, 0.3) is 0 Å². The lowest BCUT2D eigenvalue weighted by Gasteiger charge is -2.40. The molecule has 0 aliphatic heterocycles. The van der Waals surface area contributed by atoms with E-state index in [1.165, 1.54) is 6.42 Å². The molecule has 3 heteroatoms. The minimum Gasteiger partial charge on any atom is -0.396 e. The van der Waals surface area contributed by atoms with Crippen LogP contribution in [0, 0.1) is 5.41 Å². The molecule has 1 aliphatic carbocycles. The molecule has 1 saturated carbocycles. The van der Waals surface area contributed by atoms with Gasteiger partial charge in [0.25, 0.3) is 0 Å². The molecule has 0 atom stereocenters. The van der Waals surface area contributed by atoms with Gasteiger partial charge in [-0.3, -0.25) is 4.98 Å². The molecular formula is C11H16N2O. The van der Waals surface area contributed by atoms with E-state index in [2.05, 4.69) is 10.3 Å². The maximum atomic E-state index is 9.26. The predicted octanol–water partition coefficient (Wildman–Crippen LogP) is 1.66. The Balaban J connectivity index is 1.88. The number of nitrogens with one attached hydrogen (secondary N) is 1. The molecular weight excluding hydrogens is 176 g/mol. The Bertz CT molecular complexity index is 277. The van der Waals surface area contributed by atoms with Gasteiger partial charge < -0.3 is 10.4 Å². The van der Waals surface area contributed by atoms with E-state index in [0.717, 1.165) is 25.1 Å². The summed E-state index contributed by atoms with van der Waals surface area (Å²) in [4.78, 5) is 4.03. The standard InChI is InChI=1S/C11H16N2O/c14-9-11(4-2-5-11)8-13-10-3-1-6-12-7-10/h1,3,6-7,13-14H,2,4-5,8-9H2. The molecule has 1 aromatic heterocycles. The van der Waals surface area contributed by atoms with E-state index < -0.39 is 0 Å². The van der Waals surface area contributed by atoms with Gasteiger partial charge in [0.2, 0.25) is 0 Å². The first-order valence-corrected chi connectivity index (χ1v) is 5.09. The van der Waals surface area contributed by atoms with E-state index >= 15 is 0 Å². The molecule has 0 saturated heterocycles. The molecule has 2 N–H and O–H groups in total. The highest BCUT2D eigenvalue weighted by Crippen LogP contribution is 2.40. The minimum absolute atomic E-state index is 0.135. The van der Waals surface area contributed by atoms with Gasteiger partial charge in [0, 0.05) is 24.4 Å². The number of nitrogens with zero attached hydrogens (tertiary/aromatic N) is 1. The monoisotopic (exact) mass is 192 g/mol. The lowest BCUT2D eigenvalue weighted by Crippen LogP contribution is -2.39. The van der Waals surface area contributed by atoms with Crippen molar-refractivity contribution >= 4 is 5.69 Å². The Morgan fingerprint density at radius 1 is 1.50 bits per heavy atom. The van der Waals surface area contributed by atoms with Crippen molar-refractivity contribution in [3.63, 3.8) is 0 Å². The molecule has 1 heterocycles. The minimum atomic E-state index is 0.135. The van der Waals surface area contributed by atoms with Crippen molar-refractivity contribution in [2.24, 2.45) is 5.41 Å². The smallest absolute Gasteiger partial charge is 0.0526 e. The third-order valence-corrected chi connectivity index (χ3v) is 3.08. The second-order valence-electron chi connectivity index (χ2n) is 4.11. The summed E-state index contributed by atoms with van der Waals surface area (Å²) in [7, 11) is 0. The van der Waals surface area contributed by atoms with Crippen LogP contribution >= 0.6 is 0 Å². The normalized spacial score (nSPS) is 18.6. The number of aliphatic hydroxyl groups is 1. The highest BCUT2D eigenvalue weighted by atomic mass is 16.3. The van der Waals surface area contributed by atoms with Crippen LogP contribution in [0.15, 0.2) is 24.5 Å². The zero-order valence-electron chi connectivity index (χ0n) is 8.24. The van der Waals surface area contributed by atoms with Crippen molar-refractivity contribution in [2.45, 2.75) is 19.3 Å². The largest absolute Gasteiger partial charge is 0.396 e. The first-order valence-electron chi connectivity index (χ1n) is 5.09. The van der Waals surface area contributed by atoms with E-state index in [9.17, 15) is 5.11 Å². The number of aliphatic hydroxyl groups excluding tert-OH is 1. The SMILES string of the molecule is OCC1(CNc2cccnc2)CCC1. The summed E-state index contributed by atoms with van der Waals surface area (Å²) < 4.78 is 0. The van der Waals surface area contributed by atoms with Crippen LogP contribution in [-0.4, -0.2) is 23.2 Å². The first-order chi connectivity index (χ1) is 6.85. The van der Waals surface area contributed by atoms with Gasteiger partial charge in [-0.05, 0) is 25.0 Å². The van der Waals surface area contributed by atoms with Crippen molar-refractivity contribution in [1.29, 1.82) is 0 Å². The first kappa shape index (κ1) is 9.46. The van der Waals surface area contributed by atoms with Crippen LogP contribution in [0.1, 0.15) is 19.3 Å². The van der Waals surface area contributed by atoms with Gasteiger partial charge in [0.05, 0.1) is 12.3 Å². The Labute approximate surface area is 84.2 Å². The highest BCUT2D eigenvalue weighted by Gasteiger charge is 2.35. The number of aromatic nitrogens is 1. The van der Waals surface area contributed by atoms with Gasteiger partial charge in [0.15, 0.2) is 0 Å². The molecule has 0 bridgehead atoms. The summed E-state index contributed by atoms with van der Waals surface area (Å²) in [5, 5.41) is 12.6. The van der Waals surface area contributed by atoms with Gasteiger partial charge >= 0.3 is 0 Å². The quantitative estimate of drug-likeness (QED) is 0.762. The maximum Gasteiger partial charge on any atom is 0.0526 e. The number of pyridine rings is 1. The summed E-state index contributed by atoms with van der Waals surface area (Å²) >= 11 is 0. The van der Waals surface area contributed by atoms with Crippen molar-refractivity contribution < 1.29 is 5.11 Å². The topological polar surface area (TPSA) is 45.1 Å². The molecule has 1 fully saturated rings. The highest BCUT2D eigenvalue weighted by molar-refractivity contribution is 5.40. The van der Waals surface area contributed by atoms with Gasteiger partial charge in [-0.2, -0.15) is 0 Å². The summed E-state index contributed by atoms with van der Waals surface area (Å²) in [5.41, 5.74) is 1.17. The molecule has 0 unspecified atom stereocenters. The molecule has 0 amide bonds. The van der Waals surface area contributed by atoms with Gasteiger partial charge in [0.1, 0.15) is 0 Å². The summed E-state index contributed by atoms with van der Waals surface area (Å²) in [5.74, 6) is 0. The summed E-state index contributed by atoms with van der Waals surface area (Å²) in [6, 6.07) is 3.91. The Morgan fingerprint density at radius 2 is 2.36 bits per heavy atom. The second kappa shape index (κ2) is 3.96. The van der Waals surface area contributed by atoms with Crippen LogP contribution in [0.2, 0.25) is 0 Å². The average Bonchev–Trinajstić information content (AvgIpc) is 2.19. The molecule has 0 aromatic carbocycles. The third-order valence-electron chi connectivity index (χ3n) is 3.08. The fraction of sp³-hybridized carbons (Fsp3) is 0.545. The van der Waals surface area contributed by atoms with Gasteiger partial charge in [-0.25, -0.2) is 0 Å². The van der Waals surface area contributed by atoms with Crippen LogP contribution < -0.4 is 5.32 Å². The van der Waals surface area contributed by atoms with Crippen molar-refractivity contribution in [3.05, 3.63) is 24.5 Å². The fourth-order valence-corrected chi connectivity index (χ4v) is 1.82. The van der Waals surface area contributed by atoms with E-state index in [0.29, 0.717) is 6.61 Å². The summed E-state index contributed by atoms with van der Waals surface area (Å²) in [6.07, 6.45) is 7.09. The van der Waals surface area contributed by atoms with Crippen LogP contribution in [0.3, 0.4) is 0 Å². The Hall–Kier alpha value is -1.09. The zero-order valence-corrected chi connectivity index (χ0v) is 8.24. The molecule has 0 spiro atoms. The Kier molecular flexibility index (Phi) is 2.68. The van der Waals surface area contributed by atoms with Crippen LogP contribution in [0.5, 0.6) is 0 Å². The molecule has 2 rings (SSSR count).